The summed E-state index contributed by atoms with van der Waals surface area (Å²) in [5.74, 6) is 0. The summed E-state index contributed by atoms with van der Waals surface area (Å²) in [5.41, 5.74) is 4.82. The predicted octanol–water partition coefficient (Wildman–Crippen LogP) is 4.13. The van der Waals surface area contributed by atoms with E-state index < -0.39 is 0 Å². The number of nitrogens with one attached hydrogen (secondary N) is 1. The normalized spacial score (nSPS) is 11.5. The van der Waals surface area contributed by atoms with Crippen molar-refractivity contribution >= 4 is 22.5 Å². The monoisotopic (exact) mass is 389 g/mol. The zero-order chi connectivity index (χ0) is 19.9. The number of nitriles is 1. The predicted molar refractivity (Wildman–Crippen MR) is 110 cm³/mol. The van der Waals surface area contributed by atoms with E-state index in [9.17, 15) is 0 Å². The highest BCUT2D eigenvalue weighted by atomic mass is 32.1. The fraction of sp³-hybridized carbons (Fsp3) is 0.250. The molecule has 0 saturated carbocycles. The lowest BCUT2D eigenvalue weighted by molar-refractivity contribution is 0.578. The van der Waals surface area contributed by atoms with E-state index in [1.54, 1.807) is 28.1 Å². The molecule has 0 atom stereocenters. The Morgan fingerprint density at radius 2 is 1.96 bits per heavy atom. The molecule has 0 saturated heterocycles. The molecule has 0 bridgehead atoms. The first-order chi connectivity index (χ1) is 13.4. The lowest BCUT2D eigenvalue weighted by atomic mass is 9.98. The van der Waals surface area contributed by atoms with E-state index in [-0.39, 0.29) is 5.41 Å². The van der Waals surface area contributed by atoms with Gasteiger partial charge < -0.3 is 5.32 Å². The number of pyridine rings is 1. The van der Waals surface area contributed by atoms with Crippen LogP contribution in [0.2, 0.25) is 0 Å². The lowest BCUT2D eigenvalue weighted by Gasteiger charge is -2.12. The zero-order valence-corrected chi connectivity index (χ0v) is 16.9. The van der Waals surface area contributed by atoms with Crippen molar-refractivity contribution in [1.29, 1.82) is 5.26 Å². The van der Waals surface area contributed by atoms with Crippen LogP contribution in [-0.4, -0.2) is 31.8 Å². The number of aromatic nitrogens is 5. The van der Waals surface area contributed by atoms with Crippen LogP contribution in [0.5, 0.6) is 0 Å². The maximum atomic E-state index is 9.05. The summed E-state index contributed by atoms with van der Waals surface area (Å²) < 4.78 is 1.78. The van der Waals surface area contributed by atoms with Crippen LogP contribution in [-0.2, 0) is 5.41 Å². The molecular weight excluding hydrogens is 370 g/mol. The molecule has 4 aromatic rings. The quantitative estimate of drug-likeness (QED) is 0.566. The van der Waals surface area contributed by atoms with Crippen LogP contribution in [0.4, 0.5) is 5.69 Å². The molecule has 4 heterocycles. The number of hydrogen-bond acceptors (Lipinski definition) is 7. The van der Waals surface area contributed by atoms with Crippen LogP contribution in [0.3, 0.4) is 0 Å². The summed E-state index contributed by atoms with van der Waals surface area (Å²) in [6.07, 6.45) is 3.37. The smallest absolute Gasteiger partial charge is 0.151 e. The topological polar surface area (TPSA) is 91.8 Å². The molecule has 0 amide bonds. The highest BCUT2D eigenvalue weighted by molar-refractivity contribution is 7.14. The molecule has 0 aliphatic carbocycles. The van der Waals surface area contributed by atoms with Crippen LogP contribution >= 0.6 is 11.3 Å². The molecule has 4 rings (SSSR count). The number of hydrogen-bond donors (Lipinski definition) is 1. The second-order valence-corrected chi connectivity index (χ2v) is 8.42. The third-order valence-electron chi connectivity index (χ3n) is 4.36. The molecular formula is C20H19N7S. The van der Waals surface area contributed by atoms with E-state index in [0.29, 0.717) is 5.56 Å². The zero-order valence-electron chi connectivity index (χ0n) is 16.1. The molecule has 28 heavy (non-hydrogen) atoms. The summed E-state index contributed by atoms with van der Waals surface area (Å²) >= 11 is 1.58. The van der Waals surface area contributed by atoms with E-state index in [2.05, 4.69) is 52.4 Å². The molecule has 4 aromatic heterocycles. The Morgan fingerprint density at radius 1 is 1.14 bits per heavy atom. The molecule has 0 spiro atoms. The Hall–Kier alpha value is -3.31. The first-order valence-electron chi connectivity index (χ1n) is 8.81. The van der Waals surface area contributed by atoms with E-state index in [1.807, 2.05) is 31.4 Å². The Kier molecular flexibility index (Phi) is 4.32. The van der Waals surface area contributed by atoms with E-state index in [1.165, 1.54) is 0 Å². The van der Waals surface area contributed by atoms with E-state index in [0.717, 1.165) is 38.2 Å². The van der Waals surface area contributed by atoms with Crippen molar-refractivity contribution in [2.45, 2.75) is 26.2 Å². The van der Waals surface area contributed by atoms with Gasteiger partial charge in [-0.3, -0.25) is 4.98 Å². The van der Waals surface area contributed by atoms with Crippen molar-refractivity contribution in [3.05, 3.63) is 47.2 Å². The molecule has 0 aliphatic rings. The maximum Gasteiger partial charge on any atom is 0.151 e. The third kappa shape index (κ3) is 3.10. The number of nitrogens with zero attached hydrogens (tertiary/aromatic N) is 6. The SMILES string of the molecule is CNc1cc(-c2ccc3cc(C#N)cnn23)ncc1-c1nnc(C(C)(C)C)s1. The molecule has 0 unspecified atom stereocenters. The van der Waals surface area contributed by atoms with Crippen LogP contribution in [0.15, 0.2) is 36.7 Å². The molecule has 140 valence electrons. The van der Waals surface area contributed by atoms with Gasteiger partial charge in [0.25, 0.3) is 0 Å². The van der Waals surface area contributed by atoms with Crippen molar-refractivity contribution < 1.29 is 0 Å². The Balaban J connectivity index is 1.78. The van der Waals surface area contributed by atoms with Crippen molar-refractivity contribution in [2.75, 3.05) is 12.4 Å². The Labute approximate surface area is 166 Å². The van der Waals surface area contributed by atoms with Crippen molar-refractivity contribution in [3.63, 3.8) is 0 Å². The first kappa shape index (κ1) is 18.1. The fourth-order valence-corrected chi connectivity index (χ4v) is 3.79. The maximum absolute atomic E-state index is 9.05. The highest BCUT2D eigenvalue weighted by Gasteiger charge is 2.21. The van der Waals surface area contributed by atoms with Crippen LogP contribution in [0, 0.1) is 11.3 Å². The molecule has 1 N–H and O–H groups in total. The second kappa shape index (κ2) is 6.69. The van der Waals surface area contributed by atoms with Crippen LogP contribution < -0.4 is 5.32 Å². The van der Waals surface area contributed by atoms with Gasteiger partial charge >= 0.3 is 0 Å². The number of rotatable bonds is 3. The van der Waals surface area contributed by atoms with Crippen molar-refractivity contribution in [1.82, 2.24) is 24.8 Å². The average molecular weight is 389 g/mol. The van der Waals surface area contributed by atoms with E-state index in [4.69, 9.17) is 5.26 Å². The largest absolute Gasteiger partial charge is 0.387 e. The standard InChI is InChI=1S/C20H19N7S/c1-20(2,3)19-26-25-18(28-19)14-11-23-16(8-15(14)22-4)17-6-5-13-7-12(9-21)10-24-27(13)17/h5-8,10-11H,1-4H3,(H,22,23). The minimum atomic E-state index is -0.0398. The number of anilines is 1. The van der Waals surface area contributed by atoms with Crippen LogP contribution in [0.1, 0.15) is 31.3 Å². The summed E-state index contributed by atoms with van der Waals surface area (Å²) in [5, 5.41) is 27.2. The summed E-state index contributed by atoms with van der Waals surface area (Å²) in [6, 6.07) is 9.78. The van der Waals surface area contributed by atoms with Gasteiger partial charge in [-0.1, -0.05) is 32.1 Å². The van der Waals surface area contributed by atoms with Gasteiger partial charge in [-0.25, -0.2) is 4.52 Å². The van der Waals surface area contributed by atoms with E-state index >= 15 is 0 Å². The third-order valence-corrected chi connectivity index (χ3v) is 5.74. The van der Waals surface area contributed by atoms with Gasteiger partial charge in [0.15, 0.2) is 5.01 Å². The fourth-order valence-electron chi connectivity index (χ4n) is 2.86. The van der Waals surface area contributed by atoms with Gasteiger partial charge in [0.05, 0.1) is 34.2 Å². The van der Waals surface area contributed by atoms with Crippen LogP contribution in [0.25, 0.3) is 27.5 Å². The van der Waals surface area contributed by atoms with Gasteiger partial charge in [-0.15, -0.1) is 10.2 Å². The Morgan fingerprint density at radius 3 is 2.64 bits per heavy atom. The minimum Gasteiger partial charge on any atom is -0.387 e. The molecule has 8 heteroatoms. The minimum absolute atomic E-state index is 0.0398. The van der Waals surface area contributed by atoms with Gasteiger partial charge in [-0.05, 0) is 24.3 Å². The molecule has 0 radical (unpaired) electrons. The van der Waals surface area contributed by atoms with Gasteiger partial charge in [0, 0.05) is 24.3 Å². The summed E-state index contributed by atoms with van der Waals surface area (Å²) in [7, 11) is 1.88. The molecule has 0 fully saturated rings. The second-order valence-electron chi connectivity index (χ2n) is 7.44. The lowest BCUT2D eigenvalue weighted by Crippen LogP contribution is -2.10. The molecule has 0 aliphatic heterocycles. The number of fused-ring (bicyclic) bond motifs is 1. The summed E-state index contributed by atoms with van der Waals surface area (Å²) in [4.78, 5) is 4.64. The van der Waals surface area contributed by atoms with Crippen molar-refractivity contribution in [2.24, 2.45) is 0 Å². The van der Waals surface area contributed by atoms with Gasteiger partial charge in [-0.2, -0.15) is 10.4 Å². The molecule has 7 nitrogen and oxygen atoms in total. The average Bonchev–Trinajstić information content (AvgIpc) is 3.34. The summed E-state index contributed by atoms with van der Waals surface area (Å²) in [6.45, 7) is 6.38. The molecule has 0 aromatic carbocycles. The highest BCUT2D eigenvalue weighted by Crippen LogP contribution is 2.35. The van der Waals surface area contributed by atoms with Crippen molar-refractivity contribution in [3.8, 4) is 28.0 Å². The van der Waals surface area contributed by atoms with Gasteiger partial charge in [0.1, 0.15) is 11.1 Å². The Bertz CT molecular complexity index is 1210. The van der Waals surface area contributed by atoms with Gasteiger partial charge in [0.2, 0.25) is 0 Å². The first-order valence-corrected chi connectivity index (χ1v) is 9.63.